The molecule has 0 aromatic heterocycles. The lowest BCUT2D eigenvalue weighted by Gasteiger charge is -2.51. The van der Waals surface area contributed by atoms with Crippen LogP contribution in [0, 0.1) is 10.8 Å². The Labute approximate surface area is 147 Å². The molecule has 24 heavy (non-hydrogen) atoms. The van der Waals surface area contributed by atoms with Crippen LogP contribution in [0.5, 0.6) is 0 Å². The highest BCUT2D eigenvalue weighted by Crippen LogP contribution is 2.49. The van der Waals surface area contributed by atoms with Crippen molar-refractivity contribution < 1.29 is 0 Å². The quantitative estimate of drug-likeness (QED) is 0.737. The monoisotopic (exact) mass is 321 g/mol. The summed E-state index contributed by atoms with van der Waals surface area (Å²) in [5.41, 5.74) is 11.0. The molecule has 0 aliphatic carbocycles. The summed E-state index contributed by atoms with van der Waals surface area (Å²) >= 11 is 0. The van der Waals surface area contributed by atoms with Crippen LogP contribution < -0.4 is 5.73 Å². The maximum atomic E-state index is 6.99. The molecule has 1 nitrogen and oxygen atoms in total. The third-order valence-corrected chi connectivity index (χ3v) is 5.18. The first-order valence-corrected chi connectivity index (χ1v) is 8.62. The first-order valence-electron chi connectivity index (χ1n) is 8.62. The highest BCUT2D eigenvalue weighted by atomic mass is 14.8. The van der Waals surface area contributed by atoms with E-state index in [4.69, 9.17) is 5.73 Å². The molecule has 2 aromatic rings. The molecule has 0 fully saturated rings. The molecular formula is C23H31N. The van der Waals surface area contributed by atoms with Crippen LogP contribution in [-0.4, -0.2) is 0 Å². The predicted octanol–water partition coefficient (Wildman–Crippen LogP) is 5.99. The minimum atomic E-state index is -0.424. The first-order chi connectivity index (χ1) is 11.0. The summed E-state index contributed by atoms with van der Waals surface area (Å²) < 4.78 is 0. The van der Waals surface area contributed by atoms with Crippen molar-refractivity contribution in [1.82, 2.24) is 0 Å². The van der Waals surface area contributed by atoms with Crippen molar-refractivity contribution in [3.05, 3.63) is 77.9 Å². The molecule has 0 bridgehead atoms. The van der Waals surface area contributed by atoms with Gasteiger partial charge in [-0.2, -0.15) is 0 Å². The molecule has 0 radical (unpaired) electrons. The van der Waals surface area contributed by atoms with Crippen LogP contribution in [0.3, 0.4) is 0 Å². The zero-order chi connectivity index (χ0) is 18.2. The van der Waals surface area contributed by atoms with Crippen molar-refractivity contribution in [2.75, 3.05) is 0 Å². The molecular weight excluding hydrogens is 290 g/mol. The lowest BCUT2D eigenvalue weighted by atomic mass is 9.57. The van der Waals surface area contributed by atoms with Crippen molar-refractivity contribution in [3.63, 3.8) is 0 Å². The molecule has 0 saturated carbocycles. The Hall–Kier alpha value is -1.86. The molecule has 0 aliphatic heterocycles. The molecule has 0 unspecified atom stereocenters. The van der Waals surface area contributed by atoms with Crippen LogP contribution in [0.4, 0.5) is 0 Å². The summed E-state index contributed by atoms with van der Waals surface area (Å²) in [6.07, 6.45) is 0. The van der Waals surface area contributed by atoms with Gasteiger partial charge in [0.15, 0.2) is 0 Å². The second kappa shape index (κ2) is 6.22. The second-order valence-electron chi connectivity index (χ2n) is 8.73. The normalized spacial score (nSPS) is 13.0. The first kappa shape index (κ1) is 18.5. The molecule has 128 valence electrons. The maximum Gasteiger partial charge on any atom is 0.0507 e. The Morgan fingerprint density at radius 3 is 1.54 bits per heavy atom. The highest BCUT2D eigenvalue weighted by Gasteiger charge is 2.48. The van der Waals surface area contributed by atoms with E-state index in [1.165, 1.54) is 5.56 Å². The smallest absolute Gasteiger partial charge is 0.0507 e. The number of hydrogen-bond acceptors (Lipinski definition) is 1. The largest absolute Gasteiger partial charge is 0.321 e. The van der Waals surface area contributed by atoms with E-state index in [-0.39, 0.29) is 10.8 Å². The van der Waals surface area contributed by atoms with E-state index in [1.807, 2.05) is 18.2 Å². The molecule has 0 atom stereocenters. The van der Waals surface area contributed by atoms with Crippen LogP contribution in [0.25, 0.3) is 5.57 Å². The molecule has 2 N–H and O–H groups in total. The van der Waals surface area contributed by atoms with E-state index in [2.05, 4.69) is 84.5 Å². The number of hydrogen-bond donors (Lipinski definition) is 1. The number of rotatable bonds is 3. The average Bonchev–Trinajstić information content (AvgIpc) is 2.52. The van der Waals surface area contributed by atoms with Crippen molar-refractivity contribution in [2.45, 2.75) is 47.1 Å². The van der Waals surface area contributed by atoms with E-state index in [0.717, 1.165) is 16.7 Å². The van der Waals surface area contributed by atoms with Gasteiger partial charge in [-0.05, 0) is 33.1 Å². The van der Waals surface area contributed by atoms with E-state index < -0.39 is 5.54 Å². The lowest BCUT2D eigenvalue weighted by molar-refractivity contribution is 0.0570. The van der Waals surface area contributed by atoms with Gasteiger partial charge in [-0.25, -0.2) is 0 Å². The molecule has 0 heterocycles. The van der Waals surface area contributed by atoms with Crippen LogP contribution in [0.1, 0.15) is 58.2 Å². The Bertz CT molecular complexity index is 680. The standard InChI is InChI=1S/C23H31N/c1-17(18-11-9-8-10-12-18)19-13-15-20(16-14-19)23(24,21(2,3)4)22(5,6)7/h8-16H,1,24H2,2-7H3. The van der Waals surface area contributed by atoms with Gasteiger partial charge in [0.2, 0.25) is 0 Å². The molecule has 0 spiro atoms. The van der Waals surface area contributed by atoms with Gasteiger partial charge in [-0.3, -0.25) is 0 Å². The number of benzene rings is 2. The van der Waals surface area contributed by atoms with Gasteiger partial charge < -0.3 is 5.73 Å². The lowest BCUT2D eigenvalue weighted by Crippen LogP contribution is -2.57. The van der Waals surface area contributed by atoms with Gasteiger partial charge in [-0.15, -0.1) is 0 Å². The molecule has 2 rings (SSSR count). The van der Waals surface area contributed by atoms with Gasteiger partial charge in [0.25, 0.3) is 0 Å². The van der Waals surface area contributed by atoms with Crippen LogP contribution in [-0.2, 0) is 5.54 Å². The summed E-state index contributed by atoms with van der Waals surface area (Å²) in [7, 11) is 0. The molecule has 1 heteroatoms. The van der Waals surface area contributed by atoms with Crippen molar-refractivity contribution in [3.8, 4) is 0 Å². The summed E-state index contributed by atoms with van der Waals surface area (Å²) in [6.45, 7) is 17.6. The zero-order valence-corrected chi connectivity index (χ0v) is 16.0. The molecule has 0 amide bonds. The zero-order valence-electron chi connectivity index (χ0n) is 16.0. The molecule has 0 aliphatic rings. The van der Waals surface area contributed by atoms with Crippen LogP contribution in [0.15, 0.2) is 61.2 Å². The van der Waals surface area contributed by atoms with Gasteiger partial charge in [0.1, 0.15) is 0 Å². The fourth-order valence-corrected chi connectivity index (χ4v) is 3.73. The van der Waals surface area contributed by atoms with Crippen LogP contribution in [0.2, 0.25) is 0 Å². The Morgan fingerprint density at radius 1 is 0.708 bits per heavy atom. The topological polar surface area (TPSA) is 26.0 Å². The minimum absolute atomic E-state index is 0.0524. The minimum Gasteiger partial charge on any atom is -0.321 e. The van der Waals surface area contributed by atoms with Gasteiger partial charge >= 0.3 is 0 Å². The van der Waals surface area contributed by atoms with Gasteiger partial charge in [0, 0.05) is 0 Å². The summed E-state index contributed by atoms with van der Waals surface area (Å²) in [5, 5.41) is 0. The molecule has 2 aromatic carbocycles. The van der Waals surface area contributed by atoms with E-state index in [0.29, 0.717) is 0 Å². The summed E-state index contributed by atoms with van der Waals surface area (Å²) in [6, 6.07) is 18.9. The second-order valence-corrected chi connectivity index (χ2v) is 8.73. The Balaban J connectivity index is 2.43. The Morgan fingerprint density at radius 2 is 1.12 bits per heavy atom. The Kier molecular flexibility index (Phi) is 4.79. The fourth-order valence-electron chi connectivity index (χ4n) is 3.73. The van der Waals surface area contributed by atoms with Gasteiger partial charge in [0.05, 0.1) is 5.54 Å². The summed E-state index contributed by atoms with van der Waals surface area (Å²) in [4.78, 5) is 0. The summed E-state index contributed by atoms with van der Waals surface area (Å²) in [5.74, 6) is 0. The van der Waals surface area contributed by atoms with E-state index in [9.17, 15) is 0 Å². The number of nitrogens with two attached hydrogens (primary N) is 1. The molecule has 0 saturated heterocycles. The third-order valence-electron chi connectivity index (χ3n) is 5.18. The van der Waals surface area contributed by atoms with Crippen molar-refractivity contribution in [1.29, 1.82) is 0 Å². The van der Waals surface area contributed by atoms with E-state index in [1.54, 1.807) is 0 Å². The van der Waals surface area contributed by atoms with Crippen molar-refractivity contribution in [2.24, 2.45) is 16.6 Å². The fraction of sp³-hybridized carbons (Fsp3) is 0.391. The third kappa shape index (κ3) is 3.18. The maximum absolute atomic E-state index is 6.99. The van der Waals surface area contributed by atoms with Gasteiger partial charge in [-0.1, -0.05) is 103 Å². The van der Waals surface area contributed by atoms with Crippen molar-refractivity contribution >= 4 is 5.57 Å². The SMILES string of the molecule is C=C(c1ccccc1)c1ccc(C(N)(C(C)(C)C)C(C)(C)C)cc1. The average molecular weight is 322 g/mol. The van der Waals surface area contributed by atoms with E-state index >= 15 is 0 Å². The van der Waals surface area contributed by atoms with Crippen LogP contribution >= 0.6 is 0 Å². The highest BCUT2D eigenvalue weighted by molar-refractivity contribution is 5.78. The predicted molar refractivity (Wildman–Crippen MR) is 106 cm³/mol.